The zero-order valence-corrected chi connectivity index (χ0v) is 24.0. The number of nitrogens with two attached hydrogens (primary N) is 2. The first-order chi connectivity index (χ1) is 18.9. The largest absolute Gasteiger partial charge is 0.379 e. The number of nitrogens with zero attached hydrogens (tertiary/aromatic N) is 2. The van der Waals surface area contributed by atoms with E-state index in [4.69, 9.17) is 20.9 Å². The molecule has 0 aromatic heterocycles. The molecular formula is C30H52N6O3. The molecule has 39 heavy (non-hydrogen) atoms. The van der Waals surface area contributed by atoms with Gasteiger partial charge in [-0.2, -0.15) is 5.26 Å². The first-order valence-electron chi connectivity index (χ1n) is 15.8. The Balaban J connectivity index is 1.45. The second-order valence-corrected chi connectivity index (χ2v) is 13.2. The first-order valence-corrected chi connectivity index (χ1v) is 15.8. The molecule has 5 rings (SSSR count). The van der Waals surface area contributed by atoms with Gasteiger partial charge in [0.25, 0.3) is 0 Å². The number of nitriles is 1. The summed E-state index contributed by atoms with van der Waals surface area (Å²) < 4.78 is 12.0. The van der Waals surface area contributed by atoms with Gasteiger partial charge in [-0.1, -0.05) is 26.2 Å². The lowest BCUT2D eigenvalue weighted by molar-refractivity contribution is -0.152. The molecule has 6 N–H and O–H groups in total. The van der Waals surface area contributed by atoms with Crippen LogP contribution in [-0.4, -0.2) is 80.7 Å². The molecule has 4 saturated heterocycles. The molecule has 0 radical (unpaired) electrons. The molecule has 9 heteroatoms. The Hall–Kier alpha value is -1.28. The fraction of sp³-hybridized carbons (Fsp3) is 0.933. The van der Waals surface area contributed by atoms with Crippen LogP contribution < -0.4 is 22.1 Å². The van der Waals surface area contributed by atoms with Crippen LogP contribution >= 0.6 is 0 Å². The molecule has 5 fully saturated rings. The number of hydrogen-bond donors (Lipinski definition) is 4. The summed E-state index contributed by atoms with van der Waals surface area (Å²) in [5, 5.41) is 16.4. The van der Waals surface area contributed by atoms with E-state index < -0.39 is 12.1 Å². The van der Waals surface area contributed by atoms with Crippen LogP contribution in [0.1, 0.15) is 84.0 Å². The molecule has 1 spiro atoms. The van der Waals surface area contributed by atoms with E-state index in [1.807, 2.05) is 0 Å². The van der Waals surface area contributed by atoms with Crippen molar-refractivity contribution in [3.8, 4) is 6.07 Å². The third-order valence-corrected chi connectivity index (χ3v) is 11.3. The Morgan fingerprint density at radius 3 is 2.72 bits per heavy atom. The van der Waals surface area contributed by atoms with Crippen LogP contribution in [0.15, 0.2) is 0 Å². The lowest BCUT2D eigenvalue weighted by Gasteiger charge is -2.62. The standard InChI is InChI=1S/C30H52N6O3/c1-2-29-10-5-6-21(7-14-31)19-36(16-13-29)26(30(29)11-3-4-12-30)25(27(32)33)28(37)35-23-18-34-15-8-24(23)39-22-9-17-38-20-22/h21-27,34H,2-13,15-20,32-33H2,1H3,(H,35,37). The van der Waals surface area contributed by atoms with Gasteiger partial charge in [-0.3, -0.25) is 9.69 Å². The molecule has 1 saturated carbocycles. The van der Waals surface area contributed by atoms with Crippen molar-refractivity contribution in [1.29, 1.82) is 5.26 Å². The van der Waals surface area contributed by atoms with Gasteiger partial charge in [-0.15, -0.1) is 0 Å². The molecule has 4 aliphatic heterocycles. The fourth-order valence-corrected chi connectivity index (χ4v) is 9.36. The number of amides is 1. The van der Waals surface area contributed by atoms with Crippen LogP contribution in [0.25, 0.3) is 0 Å². The molecule has 8 atom stereocenters. The number of nitrogens with one attached hydrogen (secondary N) is 2. The maximum Gasteiger partial charge on any atom is 0.227 e. The van der Waals surface area contributed by atoms with Crippen LogP contribution in [0.4, 0.5) is 0 Å². The summed E-state index contributed by atoms with van der Waals surface area (Å²) in [6.07, 6.45) is 12.0. The van der Waals surface area contributed by atoms with Crippen molar-refractivity contribution >= 4 is 5.91 Å². The summed E-state index contributed by atoms with van der Waals surface area (Å²) in [7, 11) is 0. The Morgan fingerprint density at radius 2 is 2.03 bits per heavy atom. The van der Waals surface area contributed by atoms with E-state index in [0.29, 0.717) is 25.5 Å². The predicted molar refractivity (Wildman–Crippen MR) is 150 cm³/mol. The highest BCUT2D eigenvalue weighted by Gasteiger charge is 2.62. The third kappa shape index (κ3) is 5.75. The second-order valence-electron chi connectivity index (χ2n) is 13.2. The van der Waals surface area contributed by atoms with E-state index in [2.05, 4.69) is 28.5 Å². The zero-order valence-electron chi connectivity index (χ0n) is 24.0. The quantitative estimate of drug-likeness (QED) is 0.341. The van der Waals surface area contributed by atoms with Gasteiger partial charge in [0, 0.05) is 32.2 Å². The minimum atomic E-state index is -0.753. The lowest BCUT2D eigenvalue weighted by Crippen LogP contribution is -2.69. The van der Waals surface area contributed by atoms with Gasteiger partial charge in [0.05, 0.1) is 43.0 Å². The average Bonchev–Trinajstić information content (AvgIpc) is 3.63. The third-order valence-electron chi connectivity index (χ3n) is 11.3. The summed E-state index contributed by atoms with van der Waals surface area (Å²) in [6.45, 7) is 7.09. The molecule has 5 aliphatic rings. The molecule has 0 aromatic rings. The zero-order chi connectivity index (χ0) is 27.5. The highest BCUT2D eigenvalue weighted by Crippen LogP contribution is 2.64. The molecule has 220 valence electrons. The van der Waals surface area contributed by atoms with Crippen LogP contribution in [0.3, 0.4) is 0 Å². The van der Waals surface area contributed by atoms with Crippen LogP contribution in [0, 0.1) is 34.0 Å². The van der Waals surface area contributed by atoms with E-state index in [1.165, 1.54) is 25.7 Å². The average molecular weight is 545 g/mol. The number of piperidine rings is 2. The van der Waals surface area contributed by atoms with E-state index in [-0.39, 0.29) is 41.0 Å². The number of carbonyl (C=O) groups is 1. The second kappa shape index (κ2) is 12.7. The minimum Gasteiger partial charge on any atom is -0.379 e. The molecule has 9 nitrogen and oxygen atoms in total. The maximum atomic E-state index is 14.4. The molecule has 1 aliphatic carbocycles. The fourth-order valence-electron chi connectivity index (χ4n) is 9.36. The Labute approximate surface area is 235 Å². The van der Waals surface area contributed by atoms with Crippen molar-refractivity contribution in [1.82, 2.24) is 15.5 Å². The number of ether oxygens (including phenoxy) is 2. The van der Waals surface area contributed by atoms with Crippen molar-refractivity contribution in [3.05, 3.63) is 0 Å². The number of carbonyl (C=O) groups excluding carboxylic acids is 1. The molecule has 1 amide bonds. The van der Waals surface area contributed by atoms with Crippen molar-refractivity contribution in [2.75, 3.05) is 39.4 Å². The van der Waals surface area contributed by atoms with E-state index in [0.717, 1.165) is 71.2 Å². The van der Waals surface area contributed by atoms with Gasteiger partial charge in [0.15, 0.2) is 0 Å². The normalized spacial score (nSPS) is 39.2. The number of hydrogen-bond acceptors (Lipinski definition) is 8. The highest BCUT2D eigenvalue weighted by molar-refractivity contribution is 5.80. The van der Waals surface area contributed by atoms with Crippen LogP contribution in [0.2, 0.25) is 0 Å². The van der Waals surface area contributed by atoms with E-state index in [9.17, 15) is 10.1 Å². The van der Waals surface area contributed by atoms with E-state index in [1.54, 1.807) is 0 Å². The molecule has 8 unspecified atom stereocenters. The van der Waals surface area contributed by atoms with Gasteiger partial charge in [0.2, 0.25) is 5.91 Å². The first kappa shape index (κ1) is 29.2. The van der Waals surface area contributed by atoms with Gasteiger partial charge in [-0.05, 0) is 81.2 Å². The summed E-state index contributed by atoms with van der Waals surface area (Å²) >= 11 is 0. The highest BCUT2D eigenvalue weighted by atomic mass is 16.6. The molecule has 4 heterocycles. The maximum absolute atomic E-state index is 14.4. The Kier molecular flexibility index (Phi) is 9.52. The Bertz CT molecular complexity index is 867. The van der Waals surface area contributed by atoms with Crippen LogP contribution in [-0.2, 0) is 14.3 Å². The van der Waals surface area contributed by atoms with Gasteiger partial charge >= 0.3 is 0 Å². The summed E-state index contributed by atoms with van der Waals surface area (Å²) in [5.41, 5.74) is 13.4. The molecule has 2 bridgehead atoms. The van der Waals surface area contributed by atoms with Gasteiger partial charge in [0.1, 0.15) is 0 Å². The molecule has 0 aromatic carbocycles. The van der Waals surface area contributed by atoms with Gasteiger partial charge in [-0.25, -0.2) is 0 Å². The topological polar surface area (TPSA) is 139 Å². The minimum absolute atomic E-state index is 0.00727. The predicted octanol–water partition coefficient (Wildman–Crippen LogP) is 2.24. The summed E-state index contributed by atoms with van der Waals surface area (Å²) in [6, 6.07) is 2.31. The monoisotopic (exact) mass is 544 g/mol. The smallest absolute Gasteiger partial charge is 0.227 e. The van der Waals surface area contributed by atoms with Crippen molar-refractivity contribution in [3.63, 3.8) is 0 Å². The van der Waals surface area contributed by atoms with E-state index >= 15 is 0 Å². The Morgan fingerprint density at radius 1 is 1.21 bits per heavy atom. The molecular weight excluding hydrogens is 492 g/mol. The summed E-state index contributed by atoms with van der Waals surface area (Å²) in [4.78, 5) is 16.9. The number of fused-ring (bicyclic) bond motifs is 4. The van der Waals surface area contributed by atoms with Crippen molar-refractivity contribution < 1.29 is 14.3 Å². The summed E-state index contributed by atoms with van der Waals surface area (Å²) in [5.74, 6) is -0.208. The van der Waals surface area contributed by atoms with Crippen molar-refractivity contribution in [2.24, 2.45) is 34.1 Å². The van der Waals surface area contributed by atoms with Gasteiger partial charge < -0.3 is 31.6 Å². The SMILES string of the molecule is CCC12CCCC(CC#N)CN(CC1)C(C(C(=O)NC1CNCCC1OC1CCOC1)C(N)N)C21CCCC1. The van der Waals surface area contributed by atoms with Crippen LogP contribution in [0.5, 0.6) is 0 Å². The number of rotatable bonds is 8. The van der Waals surface area contributed by atoms with Crippen molar-refractivity contribution in [2.45, 2.75) is 114 Å². The lowest BCUT2D eigenvalue weighted by atomic mass is 9.50.